The zero-order chi connectivity index (χ0) is 20.1. The van der Waals surface area contributed by atoms with Crippen LogP contribution in [0.3, 0.4) is 0 Å². The average molecular weight is 405 g/mol. The zero-order valence-electron chi connectivity index (χ0n) is 15.7. The van der Waals surface area contributed by atoms with Crippen LogP contribution in [-0.2, 0) is 28.9 Å². The minimum absolute atomic E-state index is 0.0947. The van der Waals surface area contributed by atoms with Crippen LogP contribution in [0.1, 0.15) is 63.9 Å². The normalized spacial score (nSPS) is 13.0. The Morgan fingerprint density at radius 3 is 2.86 bits per heavy atom. The molecule has 0 spiro atoms. The third-order valence-electron chi connectivity index (χ3n) is 4.53. The molecule has 3 rings (SSSR count). The molecule has 9 heteroatoms. The van der Waals surface area contributed by atoms with Gasteiger partial charge < -0.3 is 15.2 Å². The van der Waals surface area contributed by atoms with Gasteiger partial charge in [-0.2, -0.15) is 5.10 Å². The monoisotopic (exact) mass is 405 g/mol. The second-order valence-electron chi connectivity index (χ2n) is 6.59. The van der Waals surface area contributed by atoms with Gasteiger partial charge in [0.2, 0.25) is 0 Å². The van der Waals surface area contributed by atoms with Crippen molar-refractivity contribution in [3.63, 3.8) is 0 Å². The molecule has 0 atom stereocenters. The van der Waals surface area contributed by atoms with Crippen molar-refractivity contribution < 1.29 is 24.2 Å². The lowest BCUT2D eigenvalue weighted by atomic mass is 9.95. The predicted octanol–water partition coefficient (Wildman–Crippen LogP) is 3.12. The Balaban J connectivity index is 1.85. The molecule has 0 aromatic carbocycles. The van der Waals surface area contributed by atoms with E-state index < -0.39 is 17.8 Å². The van der Waals surface area contributed by atoms with Gasteiger partial charge >= 0.3 is 11.9 Å². The molecule has 0 aliphatic heterocycles. The van der Waals surface area contributed by atoms with Crippen LogP contribution in [-0.4, -0.2) is 39.3 Å². The maximum absolute atomic E-state index is 12.8. The molecule has 1 amide bonds. The van der Waals surface area contributed by atoms with Gasteiger partial charge in [-0.1, -0.05) is 6.92 Å². The van der Waals surface area contributed by atoms with Crippen molar-refractivity contribution in [3.8, 4) is 0 Å². The highest BCUT2D eigenvalue weighted by Crippen LogP contribution is 2.38. The number of carboxylic acid groups (broad SMARTS) is 1. The van der Waals surface area contributed by atoms with E-state index in [1.54, 1.807) is 0 Å². The molecule has 2 heterocycles. The fraction of sp³-hybridized carbons (Fsp3) is 0.474. The number of carboxylic acids is 1. The molecule has 0 saturated carbocycles. The van der Waals surface area contributed by atoms with Crippen LogP contribution in [0.4, 0.5) is 5.00 Å². The molecule has 1 aliphatic carbocycles. The number of anilines is 1. The molecule has 0 fully saturated rings. The van der Waals surface area contributed by atoms with Crippen LogP contribution in [0.15, 0.2) is 12.3 Å². The number of ether oxygens (including phenoxy) is 1. The molecule has 0 unspecified atom stereocenters. The van der Waals surface area contributed by atoms with E-state index in [1.807, 2.05) is 6.92 Å². The number of aryl methyl sites for hydroxylation is 2. The van der Waals surface area contributed by atoms with Gasteiger partial charge in [-0.25, -0.2) is 4.79 Å². The van der Waals surface area contributed by atoms with Gasteiger partial charge in [0, 0.05) is 11.1 Å². The summed E-state index contributed by atoms with van der Waals surface area (Å²) in [7, 11) is 0. The summed E-state index contributed by atoms with van der Waals surface area (Å²) in [6.07, 6.45) is 5.80. The molecular formula is C19H23N3O5S. The fourth-order valence-electron chi connectivity index (χ4n) is 3.21. The van der Waals surface area contributed by atoms with Crippen molar-refractivity contribution >= 4 is 34.2 Å². The first-order chi connectivity index (χ1) is 13.5. The summed E-state index contributed by atoms with van der Waals surface area (Å²) in [6, 6.07) is 1.53. The van der Waals surface area contributed by atoms with Crippen molar-refractivity contribution in [2.45, 2.75) is 52.0 Å². The summed E-state index contributed by atoms with van der Waals surface area (Å²) in [5, 5.41) is 16.2. The molecule has 0 bridgehead atoms. The number of aromatic nitrogens is 2. The van der Waals surface area contributed by atoms with Gasteiger partial charge in [0.15, 0.2) is 0 Å². The number of amides is 1. The highest BCUT2D eigenvalue weighted by atomic mass is 32.1. The smallest absolute Gasteiger partial charge is 0.341 e. The van der Waals surface area contributed by atoms with Crippen LogP contribution in [0, 0.1) is 0 Å². The number of rotatable bonds is 8. The van der Waals surface area contributed by atoms with E-state index in [4.69, 9.17) is 9.84 Å². The Labute approximate surface area is 166 Å². The number of hydrogen-bond acceptors (Lipinski definition) is 6. The highest BCUT2D eigenvalue weighted by Gasteiger charge is 2.28. The van der Waals surface area contributed by atoms with E-state index in [9.17, 15) is 14.4 Å². The lowest BCUT2D eigenvalue weighted by molar-refractivity contribution is -0.137. The predicted molar refractivity (Wildman–Crippen MR) is 104 cm³/mol. The number of carbonyl (C=O) groups excluding carboxylic acids is 2. The molecule has 2 aromatic heterocycles. The number of esters is 1. The second kappa shape index (κ2) is 9.01. The lowest BCUT2D eigenvalue weighted by Crippen LogP contribution is -2.20. The van der Waals surface area contributed by atoms with Crippen molar-refractivity contribution in [1.82, 2.24) is 9.78 Å². The first-order valence-corrected chi connectivity index (χ1v) is 10.2. The summed E-state index contributed by atoms with van der Waals surface area (Å²) in [5.74, 6) is -1.80. The molecule has 28 heavy (non-hydrogen) atoms. The number of hydrogen-bond donors (Lipinski definition) is 2. The summed E-state index contributed by atoms with van der Waals surface area (Å²) < 4.78 is 6.69. The summed E-state index contributed by atoms with van der Waals surface area (Å²) in [4.78, 5) is 37.3. The molecule has 2 N–H and O–H groups in total. The zero-order valence-corrected chi connectivity index (χ0v) is 16.5. The van der Waals surface area contributed by atoms with Crippen LogP contribution in [0.2, 0.25) is 0 Å². The Morgan fingerprint density at radius 2 is 2.11 bits per heavy atom. The van der Waals surface area contributed by atoms with E-state index in [2.05, 4.69) is 10.4 Å². The van der Waals surface area contributed by atoms with E-state index in [0.717, 1.165) is 42.5 Å². The number of carbonyl (C=O) groups is 3. The van der Waals surface area contributed by atoms with Crippen LogP contribution < -0.4 is 5.32 Å². The van der Waals surface area contributed by atoms with Crippen molar-refractivity contribution in [1.29, 1.82) is 0 Å². The maximum atomic E-state index is 12.8. The lowest BCUT2D eigenvalue weighted by Gasteiger charge is -2.12. The number of nitrogens with one attached hydrogen (secondary N) is 1. The van der Waals surface area contributed by atoms with Crippen LogP contribution >= 0.6 is 11.3 Å². The Bertz CT molecular complexity index is 886. The molecule has 0 radical (unpaired) electrons. The van der Waals surface area contributed by atoms with E-state index in [0.29, 0.717) is 17.2 Å². The minimum Gasteiger partial charge on any atom is -0.481 e. The molecule has 0 saturated heterocycles. The molecule has 2 aromatic rings. The van der Waals surface area contributed by atoms with Gasteiger partial charge in [0.25, 0.3) is 5.91 Å². The maximum Gasteiger partial charge on any atom is 0.341 e. The number of aliphatic carboxylic acids is 1. The number of fused-ring (bicyclic) bond motifs is 1. The third-order valence-corrected chi connectivity index (χ3v) is 5.73. The van der Waals surface area contributed by atoms with E-state index in [-0.39, 0.29) is 18.7 Å². The molecule has 150 valence electrons. The van der Waals surface area contributed by atoms with Gasteiger partial charge in [-0.3, -0.25) is 14.3 Å². The Kier molecular flexibility index (Phi) is 6.45. The highest BCUT2D eigenvalue weighted by molar-refractivity contribution is 7.17. The Morgan fingerprint density at radius 1 is 1.32 bits per heavy atom. The van der Waals surface area contributed by atoms with E-state index in [1.165, 1.54) is 28.3 Å². The van der Waals surface area contributed by atoms with Gasteiger partial charge in [-0.15, -0.1) is 11.3 Å². The Hall–Kier alpha value is -2.68. The summed E-state index contributed by atoms with van der Waals surface area (Å²) >= 11 is 1.42. The summed E-state index contributed by atoms with van der Waals surface area (Å²) in [5.41, 5.74) is 1.69. The first kappa shape index (κ1) is 20.1. The van der Waals surface area contributed by atoms with Crippen molar-refractivity contribution in [2.24, 2.45) is 0 Å². The standard InChI is InChI=1S/C19H23N3O5S/c1-2-11-27-19(26)16-12-5-3-4-6-14(12)28-18(16)21-17(25)13-7-9-20-22(13)10-8-15(23)24/h7,9H,2-6,8,10-11H2,1H3,(H,21,25)(H,23,24). The number of thiophene rings is 1. The minimum atomic E-state index is -0.964. The van der Waals surface area contributed by atoms with Crippen LogP contribution in [0.25, 0.3) is 0 Å². The SMILES string of the molecule is CCCOC(=O)c1c(NC(=O)c2ccnn2CCC(=O)O)sc2c1CCCC2. The van der Waals surface area contributed by atoms with Crippen molar-refractivity contribution in [3.05, 3.63) is 34.0 Å². The van der Waals surface area contributed by atoms with Crippen molar-refractivity contribution in [2.75, 3.05) is 11.9 Å². The van der Waals surface area contributed by atoms with Gasteiger partial charge in [-0.05, 0) is 43.7 Å². The first-order valence-electron chi connectivity index (χ1n) is 9.37. The molecule has 1 aliphatic rings. The number of nitrogens with zero attached hydrogens (tertiary/aromatic N) is 2. The molecular weight excluding hydrogens is 382 g/mol. The largest absolute Gasteiger partial charge is 0.481 e. The topological polar surface area (TPSA) is 111 Å². The van der Waals surface area contributed by atoms with Crippen LogP contribution in [0.5, 0.6) is 0 Å². The van der Waals surface area contributed by atoms with E-state index >= 15 is 0 Å². The third kappa shape index (κ3) is 4.41. The molecule has 8 nitrogen and oxygen atoms in total. The fourth-order valence-corrected chi connectivity index (χ4v) is 4.48. The average Bonchev–Trinajstić information content (AvgIpc) is 3.28. The second-order valence-corrected chi connectivity index (χ2v) is 7.69. The van der Waals surface area contributed by atoms with Gasteiger partial charge in [0.1, 0.15) is 10.7 Å². The van der Waals surface area contributed by atoms with Gasteiger partial charge in [0.05, 0.1) is 25.1 Å². The summed E-state index contributed by atoms with van der Waals surface area (Å²) in [6.45, 7) is 2.35. The quantitative estimate of drug-likeness (QED) is 0.653.